The Morgan fingerprint density at radius 3 is 2.58 bits per heavy atom. The zero-order chi connectivity index (χ0) is 21.5. The molecule has 0 saturated carbocycles. The lowest BCUT2D eigenvalue weighted by Crippen LogP contribution is -2.43. The van der Waals surface area contributed by atoms with Gasteiger partial charge < -0.3 is 19.4 Å². The highest BCUT2D eigenvalue weighted by Crippen LogP contribution is 2.16. The molecule has 4 rings (SSSR count). The number of rotatable bonds is 8. The first kappa shape index (κ1) is 21.2. The van der Waals surface area contributed by atoms with Crippen LogP contribution in [0.2, 0.25) is 0 Å². The number of likely N-dealkylation sites (N-methyl/N-ethyl adjacent to an activating group) is 1. The maximum Gasteiger partial charge on any atom is 0.287 e. The monoisotopic (exact) mass is 419 g/mol. The molecule has 1 saturated heterocycles. The highest BCUT2D eigenvalue weighted by molar-refractivity contribution is 5.92. The van der Waals surface area contributed by atoms with Gasteiger partial charge in [0.15, 0.2) is 5.76 Å². The Morgan fingerprint density at radius 2 is 1.77 bits per heavy atom. The predicted octanol–water partition coefficient (Wildman–Crippen LogP) is 3.54. The summed E-state index contributed by atoms with van der Waals surface area (Å²) in [5.74, 6) is 0.817. The highest BCUT2D eigenvalue weighted by atomic mass is 16.5. The molecule has 0 bridgehead atoms. The van der Waals surface area contributed by atoms with Gasteiger partial charge >= 0.3 is 0 Å². The van der Waals surface area contributed by atoms with Crippen LogP contribution in [0.5, 0.6) is 5.75 Å². The fourth-order valence-electron chi connectivity index (χ4n) is 3.69. The average Bonchev–Trinajstić information content (AvgIpc) is 3.27. The van der Waals surface area contributed by atoms with Crippen molar-refractivity contribution >= 4 is 5.91 Å². The fourth-order valence-corrected chi connectivity index (χ4v) is 3.69. The van der Waals surface area contributed by atoms with E-state index in [1.165, 1.54) is 11.8 Å². The van der Waals surface area contributed by atoms with Gasteiger partial charge in [0.05, 0.1) is 6.26 Å². The number of hydrogen-bond acceptors (Lipinski definition) is 5. The smallest absolute Gasteiger partial charge is 0.287 e. The second-order valence-corrected chi connectivity index (χ2v) is 7.96. The van der Waals surface area contributed by atoms with E-state index in [1.54, 1.807) is 6.07 Å². The van der Waals surface area contributed by atoms with Crippen LogP contribution >= 0.6 is 0 Å². The van der Waals surface area contributed by atoms with E-state index in [9.17, 15) is 4.79 Å². The van der Waals surface area contributed by atoms with Crippen LogP contribution in [0.3, 0.4) is 0 Å². The number of hydrogen-bond donors (Lipinski definition) is 1. The average molecular weight is 420 g/mol. The Bertz CT molecular complexity index is 978. The Labute approximate surface area is 183 Å². The van der Waals surface area contributed by atoms with E-state index in [1.807, 2.05) is 36.4 Å². The minimum absolute atomic E-state index is 0.235. The maximum absolute atomic E-state index is 12.7. The third-order valence-corrected chi connectivity index (χ3v) is 5.54. The molecule has 0 radical (unpaired) electrons. The number of furan rings is 1. The van der Waals surface area contributed by atoms with Gasteiger partial charge in [0.1, 0.15) is 12.4 Å². The Morgan fingerprint density at radius 1 is 1.00 bits per heavy atom. The summed E-state index contributed by atoms with van der Waals surface area (Å²) in [7, 11) is 2.17. The molecular formula is C25H29N3O3. The van der Waals surface area contributed by atoms with E-state index in [2.05, 4.69) is 40.4 Å². The molecule has 1 N–H and O–H groups in total. The number of carbonyl (C=O) groups excluding carboxylic acids is 1. The van der Waals surface area contributed by atoms with E-state index in [0.29, 0.717) is 12.3 Å². The van der Waals surface area contributed by atoms with Gasteiger partial charge in [-0.15, -0.1) is 0 Å². The molecule has 1 amide bonds. The van der Waals surface area contributed by atoms with Gasteiger partial charge in [-0.05, 0) is 36.4 Å². The second-order valence-electron chi connectivity index (χ2n) is 7.96. The zero-order valence-electron chi connectivity index (χ0n) is 17.9. The predicted molar refractivity (Wildman–Crippen MR) is 120 cm³/mol. The molecule has 162 valence electrons. The molecule has 0 spiro atoms. The molecule has 6 heteroatoms. The van der Waals surface area contributed by atoms with Gasteiger partial charge in [0.25, 0.3) is 5.91 Å². The molecule has 1 aliphatic heterocycles. The van der Waals surface area contributed by atoms with Gasteiger partial charge in [-0.1, -0.05) is 42.5 Å². The number of amides is 1. The van der Waals surface area contributed by atoms with E-state index in [4.69, 9.17) is 9.15 Å². The van der Waals surface area contributed by atoms with Crippen molar-refractivity contribution in [1.29, 1.82) is 0 Å². The SMILES string of the molecule is CN1CCN(Cc2cccc(CNC(=O)c3occc3COc3ccccc3)c2)CC1. The number of nitrogens with zero attached hydrogens (tertiary/aromatic N) is 2. The van der Waals surface area contributed by atoms with Crippen molar-refractivity contribution in [2.75, 3.05) is 33.2 Å². The molecule has 2 heterocycles. The summed E-state index contributed by atoms with van der Waals surface area (Å²) in [5, 5.41) is 2.97. The molecule has 0 aliphatic carbocycles. The summed E-state index contributed by atoms with van der Waals surface area (Å²) in [6.45, 7) is 6.06. The lowest BCUT2D eigenvalue weighted by Gasteiger charge is -2.32. The molecule has 2 aromatic carbocycles. The van der Waals surface area contributed by atoms with Crippen LogP contribution in [0.4, 0.5) is 0 Å². The molecule has 1 aromatic heterocycles. The number of benzene rings is 2. The molecule has 0 unspecified atom stereocenters. The van der Waals surface area contributed by atoms with E-state index in [-0.39, 0.29) is 12.5 Å². The number of ether oxygens (including phenoxy) is 1. The lowest BCUT2D eigenvalue weighted by molar-refractivity contribution is 0.0919. The summed E-state index contributed by atoms with van der Waals surface area (Å²) in [6.07, 6.45) is 1.52. The molecule has 6 nitrogen and oxygen atoms in total. The van der Waals surface area contributed by atoms with Crippen LogP contribution < -0.4 is 10.1 Å². The molecule has 1 fully saturated rings. The number of nitrogens with one attached hydrogen (secondary N) is 1. The van der Waals surface area contributed by atoms with Gasteiger partial charge in [0.2, 0.25) is 0 Å². The van der Waals surface area contributed by atoms with Crippen molar-refractivity contribution < 1.29 is 13.9 Å². The first-order valence-electron chi connectivity index (χ1n) is 10.7. The Kier molecular flexibility index (Phi) is 7.02. The standard InChI is InChI=1S/C25H29N3O3/c1-27-11-13-28(14-12-27)18-21-7-5-6-20(16-21)17-26-25(29)24-22(10-15-30-24)19-31-23-8-3-2-4-9-23/h2-10,15-16H,11-14,17-19H2,1H3,(H,26,29). The zero-order valence-corrected chi connectivity index (χ0v) is 17.9. The van der Waals surface area contributed by atoms with E-state index >= 15 is 0 Å². The van der Waals surface area contributed by atoms with Crippen molar-refractivity contribution in [2.45, 2.75) is 19.7 Å². The second kappa shape index (κ2) is 10.3. The van der Waals surface area contributed by atoms with E-state index in [0.717, 1.165) is 49.6 Å². The molecule has 1 aliphatic rings. The Balaban J connectivity index is 1.30. The van der Waals surface area contributed by atoms with Gasteiger partial charge in [-0.25, -0.2) is 0 Å². The third-order valence-electron chi connectivity index (χ3n) is 5.54. The number of piperazine rings is 1. The van der Waals surface area contributed by atoms with Crippen molar-refractivity contribution in [3.05, 3.63) is 89.4 Å². The summed E-state index contributed by atoms with van der Waals surface area (Å²) in [4.78, 5) is 17.5. The summed E-state index contributed by atoms with van der Waals surface area (Å²) in [6, 6.07) is 19.7. The van der Waals surface area contributed by atoms with Crippen molar-refractivity contribution in [3.63, 3.8) is 0 Å². The Hall–Kier alpha value is -3.09. The van der Waals surface area contributed by atoms with Crippen LogP contribution in [0.1, 0.15) is 27.2 Å². The van der Waals surface area contributed by atoms with Crippen LogP contribution in [0.25, 0.3) is 0 Å². The van der Waals surface area contributed by atoms with Crippen LogP contribution in [-0.4, -0.2) is 48.9 Å². The summed E-state index contributed by atoms with van der Waals surface area (Å²) < 4.78 is 11.2. The fraction of sp³-hybridized carbons (Fsp3) is 0.320. The normalized spacial score (nSPS) is 15.0. The molecular weight excluding hydrogens is 390 g/mol. The molecule has 31 heavy (non-hydrogen) atoms. The third kappa shape index (κ3) is 5.96. The first-order chi connectivity index (χ1) is 15.2. The molecule has 3 aromatic rings. The van der Waals surface area contributed by atoms with Crippen molar-refractivity contribution in [3.8, 4) is 5.75 Å². The van der Waals surface area contributed by atoms with E-state index < -0.39 is 0 Å². The number of para-hydroxylation sites is 1. The summed E-state index contributed by atoms with van der Waals surface area (Å²) >= 11 is 0. The van der Waals surface area contributed by atoms with Gasteiger partial charge in [0, 0.05) is 44.8 Å². The summed E-state index contributed by atoms with van der Waals surface area (Å²) in [5.41, 5.74) is 3.07. The van der Waals surface area contributed by atoms with Crippen molar-refractivity contribution in [1.82, 2.24) is 15.1 Å². The largest absolute Gasteiger partial charge is 0.489 e. The quantitative estimate of drug-likeness (QED) is 0.605. The van der Waals surface area contributed by atoms with Crippen molar-refractivity contribution in [2.24, 2.45) is 0 Å². The topological polar surface area (TPSA) is 58.0 Å². The van der Waals surface area contributed by atoms with Crippen LogP contribution in [0.15, 0.2) is 71.3 Å². The maximum atomic E-state index is 12.7. The van der Waals surface area contributed by atoms with Crippen LogP contribution in [0, 0.1) is 0 Å². The van der Waals surface area contributed by atoms with Gasteiger partial charge in [-0.2, -0.15) is 0 Å². The number of carbonyl (C=O) groups is 1. The minimum atomic E-state index is -0.235. The highest BCUT2D eigenvalue weighted by Gasteiger charge is 2.16. The minimum Gasteiger partial charge on any atom is -0.489 e. The molecule has 0 atom stereocenters. The van der Waals surface area contributed by atoms with Gasteiger partial charge in [-0.3, -0.25) is 9.69 Å². The lowest BCUT2D eigenvalue weighted by atomic mass is 10.1. The first-order valence-corrected chi connectivity index (χ1v) is 10.7. The van der Waals surface area contributed by atoms with Crippen LogP contribution in [-0.2, 0) is 19.7 Å².